The maximum Gasteiger partial charge on any atom is 0.323 e. The SMILES string of the molecule is Cc1cccc(C#N)c1N(CC(=O)O)C1CCCC1. The van der Waals surface area contributed by atoms with Crippen molar-refractivity contribution in [1.82, 2.24) is 0 Å². The van der Waals surface area contributed by atoms with Crippen LogP contribution in [0.4, 0.5) is 5.69 Å². The molecule has 1 aromatic rings. The number of nitrogens with zero attached hydrogens (tertiary/aromatic N) is 2. The number of aliphatic carboxylic acids is 1. The van der Waals surface area contributed by atoms with Crippen LogP contribution in [0.25, 0.3) is 0 Å². The van der Waals surface area contributed by atoms with Crippen molar-refractivity contribution in [3.05, 3.63) is 29.3 Å². The average molecular weight is 258 g/mol. The zero-order valence-corrected chi connectivity index (χ0v) is 11.1. The van der Waals surface area contributed by atoms with E-state index in [1.807, 2.05) is 24.0 Å². The Hall–Kier alpha value is -2.02. The first kappa shape index (κ1) is 13.4. The highest BCUT2D eigenvalue weighted by Gasteiger charge is 2.27. The van der Waals surface area contributed by atoms with Crippen LogP contribution in [-0.2, 0) is 4.79 Å². The predicted molar refractivity (Wildman–Crippen MR) is 73.1 cm³/mol. The summed E-state index contributed by atoms with van der Waals surface area (Å²) in [6.45, 7) is 1.89. The summed E-state index contributed by atoms with van der Waals surface area (Å²) in [6.07, 6.45) is 4.28. The highest BCUT2D eigenvalue weighted by Crippen LogP contribution is 2.32. The summed E-state index contributed by atoms with van der Waals surface area (Å²) >= 11 is 0. The molecule has 0 unspecified atom stereocenters. The number of para-hydroxylation sites is 1. The van der Waals surface area contributed by atoms with Crippen LogP contribution >= 0.6 is 0 Å². The molecule has 0 spiro atoms. The fourth-order valence-corrected chi connectivity index (χ4v) is 2.88. The Labute approximate surface area is 113 Å². The molecule has 1 aromatic carbocycles. The molecule has 4 heteroatoms. The van der Waals surface area contributed by atoms with Crippen LogP contribution in [0.1, 0.15) is 36.8 Å². The summed E-state index contributed by atoms with van der Waals surface area (Å²) in [7, 11) is 0. The van der Waals surface area contributed by atoms with Gasteiger partial charge in [0.25, 0.3) is 0 Å². The van der Waals surface area contributed by atoms with Gasteiger partial charge in [-0.15, -0.1) is 0 Å². The summed E-state index contributed by atoms with van der Waals surface area (Å²) in [5.41, 5.74) is 2.32. The molecule has 0 atom stereocenters. The maximum absolute atomic E-state index is 11.1. The number of rotatable bonds is 4. The van der Waals surface area contributed by atoms with Crippen molar-refractivity contribution < 1.29 is 9.90 Å². The highest BCUT2D eigenvalue weighted by atomic mass is 16.4. The number of hydrogen-bond acceptors (Lipinski definition) is 3. The van der Waals surface area contributed by atoms with Gasteiger partial charge in [-0.1, -0.05) is 25.0 Å². The number of carboxylic acids is 1. The molecule has 1 aliphatic rings. The Morgan fingerprint density at radius 1 is 1.47 bits per heavy atom. The molecule has 4 nitrogen and oxygen atoms in total. The Balaban J connectivity index is 2.42. The monoisotopic (exact) mass is 258 g/mol. The van der Waals surface area contributed by atoms with E-state index < -0.39 is 5.97 Å². The minimum Gasteiger partial charge on any atom is -0.480 e. The minimum atomic E-state index is -0.848. The van der Waals surface area contributed by atoms with Crippen LogP contribution in [0.2, 0.25) is 0 Å². The lowest BCUT2D eigenvalue weighted by Crippen LogP contribution is -2.38. The van der Waals surface area contributed by atoms with Crippen molar-refractivity contribution in [2.75, 3.05) is 11.4 Å². The van der Waals surface area contributed by atoms with Gasteiger partial charge in [0.2, 0.25) is 0 Å². The van der Waals surface area contributed by atoms with E-state index in [1.165, 1.54) is 0 Å². The van der Waals surface area contributed by atoms with Crippen LogP contribution in [0.3, 0.4) is 0 Å². The molecule has 0 aromatic heterocycles. The Morgan fingerprint density at radius 3 is 2.74 bits per heavy atom. The summed E-state index contributed by atoms with van der Waals surface area (Å²) in [6, 6.07) is 7.94. The second-order valence-corrected chi connectivity index (χ2v) is 5.04. The van der Waals surface area contributed by atoms with Gasteiger partial charge in [0.1, 0.15) is 12.6 Å². The first-order chi connectivity index (χ1) is 9.13. The third kappa shape index (κ3) is 2.87. The van der Waals surface area contributed by atoms with Crippen LogP contribution < -0.4 is 4.90 Å². The van der Waals surface area contributed by atoms with Gasteiger partial charge in [-0.2, -0.15) is 5.26 Å². The van der Waals surface area contributed by atoms with Gasteiger partial charge in [-0.3, -0.25) is 4.79 Å². The van der Waals surface area contributed by atoms with Gasteiger partial charge >= 0.3 is 5.97 Å². The lowest BCUT2D eigenvalue weighted by molar-refractivity contribution is -0.135. The third-order valence-corrected chi connectivity index (χ3v) is 3.72. The molecule has 1 fully saturated rings. The number of hydrogen-bond donors (Lipinski definition) is 1. The van der Waals surface area contributed by atoms with E-state index in [1.54, 1.807) is 6.07 Å². The average Bonchev–Trinajstić information content (AvgIpc) is 2.89. The maximum atomic E-state index is 11.1. The van der Waals surface area contributed by atoms with Gasteiger partial charge < -0.3 is 10.0 Å². The van der Waals surface area contributed by atoms with Crippen molar-refractivity contribution in [3.8, 4) is 6.07 Å². The lowest BCUT2D eigenvalue weighted by atomic mass is 10.0. The van der Waals surface area contributed by atoms with Crippen molar-refractivity contribution in [2.45, 2.75) is 38.6 Å². The fourth-order valence-electron chi connectivity index (χ4n) is 2.88. The summed E-state index contributed by atoms with van der Waals surface area (Å²) in [5, 5.41) is 18.4. The van der Waals surface area contributed by atoms with E-state index in [2.05, 4.69) is 6.07 Å². The molecule has 19 heavy (non-hydrogen) atoms. The number of benzene rings is 1. The van der Waals surface area contributed by atoms with E-state index >= 15 is 0 Å². The molecule has 0 bridgehead atoms. The molecular formula is C15H18N2O2. The Bertz CT molecular complexity index is 513. The first-order valence-electron chi connectivity index (χ1n) is 6.61. The number of aryl methyl sites for hydroxylation is 1. The second kappa shape index (κ2) is 5.75. The van der Waals surface area contributed by atoms with Crippen molar-refractivity contribution >= 4 is 11.7 Å². The molecule has 1 aliphatic carbocycles. The van der Waals surface area contributed by atoms with Gasteiger partial charge in [0.15, 0.2) is 0 Å². The van der Waals surface area contributed by atoms with E-state index in [4.69, 9.17) is 5.11 Å². The molecule has 1 N–H and O–H groups in total. The van der Waals surface area contributed by atoms with E-state index in [-0.39, 0.29) is 12.6 Å². The number of anilines is 1. The standard InChI is InChI=1S/C15H18N2O2/c1-11-5-4-6-12(9-16)15(11)17(10-14(18)19)13-7-2-3-8-13/h4-6,13H,2-3,7-8,10H2,1H3,(H,18,19). The highest BCUT2D eigenvalue weighted by molar-refractivity contribution is 5.76. The minimum absolute atomic E-state index is 0.0375. The fraction of sp³-hybridized carbons (Fsp3) is 0.467. The van der Waals surface area contributed by atoms with Crippen molar-refractivity contribution in [1.29, 1.82) is 5.26 Å². The zero-order valence-electron chi connectivity index (χ0n) is 11.1. The number of carboxylic acid groups (broad SMARTS) is 1. The van der Waals surface area contributed by atoms with Crippen LogP contribution in [0.5, 0.6) is 0 Å². The molecule has 0 aliphatic heterocycles. The lowest BCUT2D eigenvalue weighted by Gasteiger charge is -2.31. The molecule has 0 amide bonds. The normalized spacial score (nSPS) is 15.2. The van der Waals surface area contributed by atoms with Gasteiger partial charge in [0, 0.05) is 6.04 Å². The molecule has 0 radical (unpaired) electrons. The Kier molecular flexibility index (Phi) is 4.06. The summed E-state index contributed by atoms with van der Waals surface area (Å²) < 4.78 is 0. The first-order valence-corrected chi connectivity index (χ1v) is 6.61. The predicted octanol–water partition coefficient (Wildman–Crippen LogP) is 2.70. The summed E-state index contributed by atoms with van der Waals surface area (Å²) in [5.74, 6) is -0.848. The topological polar surface area (TPSA) is 64.3 Å². The number of carbonyl (C=O) groups is 1. The van der Waals surface area contributed by atoms with Crippen molar-refractivity contribution in [2.24, 2.45) is 0 Å². The van der Waals surface area contributed by atoms with Gasteiger partial charge in [-0.25, -0.2) is 0 Å². The van der Waals surface area contributed by atoms with E-state index in [0.29, 0.717) is 5.56 Å². The quantitative estimate of drug-likeness (QED) is 0.901. The zero-order chi connectivity index (χ0) is 13.8. The van der Waals surface area contributed by atoms with E-state index in [0.717, 1.165) is 36.9 Å². The van der Waals surface area contributed by atoms with Gasteiger partial charge in [0.05, 0.1) is 11.3 Å². The van der Waals surface area contributed by atoms with Crippen LogP contribution in [0.15, 0.2) is 18.2 Å². The molecule has 100 valence electrons. The molecule has 0 heterocycles. The molecule has 1 saturated carbocycles. The van der Waals surface area contributed by atoms with Crippen molar-refractivity contribution in [3.63, 3.8) is 0 Å². The summed E-state index contributed by atoms with van der Waals surface area (Å²) in [4.78, 5) is 13.0. The second-order valence-electron chi connectivity index (χ2n) is 5.04. The molecular weight excluding hydrogens is 240 g/mol. The van der Waals surface area contributed by atoms with Crippen LogP contribution in [-0.4, -0.2) is 23.7 Å². The van der Waals surface area contributed by atoms with Gasteiger partial charge in [-0.05, 0) is 31.4 Å². The Morgan fingerprint density at radius 2 is 2.16 bits per heavy atom. The molecule has 0 saturated heterocycles. The number of nitriles is 1. The third-order valence-electron chi connectivity index (χ3n) is 3.72. The smallest absolute Gasteiger partial charge is 0.323 e. The molecule has 2 rings (SSSR count). The van der Waals surface area contributed by atoms with Crippen LogP contribution in [0, 0.1) is 18.3 Å². The largest absolute Gasteiger partial charge is 0.480 e. The van der Waals surface area contributed by atoms with E-state index in [9.17, 15) is 10.1 Å².